The molecule has 3 aromatic heterocycles. The van der Waals surface area contributed by atoms with Gasteiger partial charge in [-0.15, -0.1) is 11.3 Å². The molecule has 3 aromatic rings. The molecule has 2 N–H and O–H groups in total. The van der Waals surface area contributed by atoms with Crippen molar-refractivity contribution < 1.29 is 13.2 Å². The van der Waals surface area contributed by atoms with Gasteiger partial charge in [-0.3, -0.25) is 0 Å². The number of rotatable bonds is 6. The van der Waals surface area contributed by atoms with Gasteiger partial charge in [0.15, 0.2) is 0 Å². The minimum atomic E-state index is -3.39. The summed E-state index contributed by atoms with van der Waals surface area (Å²) in [7, 11) is -3.39. The van der Waals surface area contributed by atoms with Crippen molar-refractivity contribution in [2.45, 2.75) is 30.4 Å². The van der Waals surface area contributed by atoms with Gasteiger partial charge in [-0.05, 0) is 54.3 Å². The summed E-state index contributed by atoms with van der Waals surface area (Å²) in [6.45, 7) is 2.12. The maximum absolute atomic E-state index is 13.1. The van der Waals surface area contributed by atoms with Gasteiger partial charge in [0.2, 0.25) is 10.0 Å². The molecule has 0 bridgehead atoms. The number of likely N-dealkylation sites (tertiary alicyclic amines) is 1. The predicted molar refractivity (Wildman–Crippen MR) is 125 cm³/mol. The lowest BCUT2D eigenvalue weighted by molar-refractivity contribution is 0.166. The van der Waals surface area contributed by atoms with Gasteiger partial charge < -0.3 is 15.2 Å². The first-order chi connectivity index (χ1) is 15.5. The lowest BCUT2D eigenvalue weighted by Gasteiger charge is -2.42. The van der Waals surface area contributed by atoms with Crippen LogP contribution in [0.1, 0.15) is 29.2 Å². The smallest absolute Gasteiger partial charge is 0.317 e. The van der Waals surface area contributed by atoms with Crippen LogP contribution >= 0.6 is 11.3 Å². The molecular weight excluding hydrogens is 446 g/mol. The summed E-state index contributed by atoms with van der Waals surface area (Å²) in [5.74, 6) is 0.325. The minimum absolute atomic E-state index is 0.181. The third kappa shape index (κ3) is 4.14. The lowest BCUT2D eigenvalue weighted by atomic mass is 9.90. The summed E-state index contributed by atoms with van der Waals surface area (Å²) in [5.41, 5.74) is 2.10. The number of hydrogen-bond donors (Lipinski definition) is 2. The highest BCUT2D eigenvalue weighted by Crippen LogP contribution is 2.34. The van der Waals surface area contributed by atoms with Crippen LogP contribution in [-0.4, -0.2) is 71.6 Å². The van der Waals surface area contributed by atoms with Crippen molar-refractivity contribution in [3.8, 4) is 0 Å². The molecule has 0 aromatic carbocycles. The molecule has 2 aliphatic heterocycles. The maximum Gasteiger partial charge on any atom is 0.317 e. The molecule has 2 aliphatic rings. The van der Waals surface area contributed by atoms with Crippen LogP contribution in [0.2, 0.25) is 0 Å². The molecule has 0 radical (unpaired) electrons. The average Bonchev–Trinajstić information content (AvgIpc) is 3.42. The monoisotopic (exact) mass is 473 g/mol. The van der Waals surface area contributed by atoms with Crippen LogP contribution in [0.5, 0.6) is 0 Å². The highest BCUT2D eigenvalue weighted by Gasteiger charge is 2.43. The van der Waals surface area contributed by atoms with Crippen molar-refractivity contribution in [1.29, 1.82) is 0 Å². The first-order valence-corrected chi connectivity index (χ1v) is 13.4. The molecule has 170 valence electrons. The number of carbonyl (C=O) groups is 1. The molecule has 2 fully saturated rings. The Kier molecular flexibility index (Phi) is 5.92. The predicted octanol–water partition coefficient (Wildman–Crippen LogP) is 2.77. The van der Waals surface area contributed by atoms with E-state index in [0.29, 0.717) is 25.6 Å². The molecule has 0 spiro atoms. The van der Waals surface area contributed by atoms with Crippen LogP contribution in [0.25, 0.3) is 11.0 Å². The summed E-state index contributed by atoms with van der Waals surface area (Å²) in [5, 5.41) is 5.52. The van der Waals surface area contributed by atoms with Gasteiger partial charge in [0.25, 0.3) is 0 Å². The third-order valence-electron chi connectivity index (χ3n) is 6.52. The number of pyridine rings is 1. The summed E-state index contributed by atoms with van der Waals surface area (Å²) < 4.78 is 27.7. The van der Waals surface area contributed by atoms with E-state index in [1.165, 1.54) is 10.4 Å². The lowest BCUT2D eigenvalue weighted by Crippen LogP contribution is -2.62. The zero-order valence-corrected chi connectivity index (χ0v) is 19.4. The van der Waals surface area contributed by atoms with E-state index in [0.717, 1.165) is 30.3 Å². The third-order valence-corrected chi connectivity index (χ3v) is 9.68. The van der Waals surface area contributed by atoms with Crippen molar-refractivity contribution in [2.24, 2.45) is 0 Å². The summed E-state index contributed by atoms with van der Waals surface area (Å²) >= 11 is 1.67. The molecule has 5 rings (SSSR count). The number of urea groups is 1. The molecule has 0 unspecified atom stereocenters. The van der Waals surface area contributed by atoms with E-state index >= 15 is 0 Å². The Morgan fingerprint density at radius 3 is 2.78 bits per heavy atom. The van der Waals surface area contributed by atoms with Gasteiger partial charge in [0.1, 0.15) is 10.9 Å². The van der Waals surface area contributed by atoms with Crippen LogP contribution in [-0.2, 0) is 16.4 Å². The Morgan fingerprint density at radius 2 is 2.03 bits per heavy atom. The number of nitrogens with one attached hydrogen (secondary N) is 2. The zero-order chi connectivity index (χ0) is 22.1. The second-order valence-electron chi connectivity index (χ2n) is 8.45. The van der Waals surface area contributed by atoms with Gasteiger partial charge in [-0.2, -0.15) is 0 Å². The number of thiophene rings is 1. The van der Waals surface area contributed by atoms with E-state index in [1.807, 2.05) is 29.8 Å². The van der Waals surface area contributed by atoms with Crippen LogP contribution in [0.15, 0.2) is 42.0 Å². The highest BCUT2D eigenvalue weighted by atomic mass is 32.2. The first kappa shape index (κ1) is 21.4. The molecule has 2 amide bonds. The maximum atomic E-state index is 13.1. The number of sulfonamides is 1. The average molecular weight is 474 g/mol. The number of nitrogens with zero attached hydrogens (tertiary/aromatic N) is 3. The standard InChI is InChI=1S/C22H27N5O3S2/c28-22(24-9-5-17-3-2-12-31-17)26-14-18(15-26)32(29,30)27-10-6-16(7-11-27)20-13-25-21-19(20)4-1-8-23-21/h1-4,8,12-13,16,18H,5-7,9-11,14-15H2,(H,23,25)(H,24,28). The number of carbonyl (C=O) groups excluding carboxylic acids is 1. The largest absolute Gasteiger partial charge is 0.346 e. The van der Waals surface area contributed by atoms with Gasteiger partial charge in [-0.1, -0.05) is 6.07 Å². The number of aromatic nitrogens is 2. The van der Waals surface area contributed by atoms with Gasteiger partial charge in [0, 0.05) is 55.4 Å². The zero-order valence-electron chi connectivity index (χ0n) is 17.7. The Balaban J connectivity index is 1.11. The van der Waals surface area contributed by atoms with Crippen molar-refractivity contribution in [1.82, 2.24) is 24.5 Å². The van der Waals surface area contributed by atoms with Crippen LogP contribution in [0, 0.1) is 0 Å². The number of aromatic amines is 1. The normalized spacial score (nSPS) is 18.7. The topological polar surface area (TPSA) is 98.4 Å². The highest BCUT2D eigenvalue weighted by molar-refractivity contribution is 7.89. The first-order valence-electron chi connectivity index (χ1n) is 11.0. The van der Waals surface area contributed by atoms with Crippen LogP contribution in [0.3, 0.4) is 0 Å². The van der Waals surface area contributed by atoms with E-state index in [-0.39, 0.29) is 19.1 Å². The Hall–Kier alpha value is -2.43. The molecule has 32 heavy (non-hydrogen) atoms. The summed E-state index contributed by atoms with van der Waals surface area (Å²) in [6, 6.07) is 7.85. The van der Waals surface area contributed by atoms with Crippen molar-refractivity contribution in [3.05, 3.63) is 52.5 Å². The second-order valence-corrected chi connectivity index (χ2v) is 11.7. The fourth-order valence-electron chi connectivity index (χ4n) is 4.60. The van der Waals surface area contributed by atoms with Crippen molar-refractivity contribution >= 4 is 38.4 Å². The Labute approximate surface area is 191 Å². The molecule has 10 heteroatoms. The SMILES string of the molecule is O=C(NCCc1cccs1)N1CC(S(=O)(=O)N2CCC(c3c[nH]c4ncccc34)CC2)C1. The van der Waals surface area contributed by atoms with E-state index in [2.05, 4.69) is 21.4 Å². The molecule has 2 saturated heterocycles. The van der Waals surface area contributed by atoms with Gasteiger partial charge >= 0.3 is 6.03 Å². The van der Waals surface area contributed by atoms with Gasteiger partial charge in [-0.25, -0.2) is 22.5 Å². The van der Waals surface area contributed by atoms with Crippen molar-refractivity contribution in [3.63, 3.8) is 0 Å². The Morgan fingerprint density at radius 1 is 1.22 bits per heavy atom. The van der Waals surface area contributed by atoms with Crippen LogP contribution in [0.4, 0.5) is 4.79 Å². The molecule has 8 nitrogen and oxygen atoms in total. The molecule has 0 aliphatic carbocycles. The van der Waals surface area contributed by atoms with Crippen LogP contribution < -0.4 is 5.32 Å². The van der Waals surface area contributed by atoms with E-state index < -0.39 is 15.3 Å². The summed E-state index contributed by atoms with van der Waals surface area (Å²) in [4.78, 5) is 22.7. The van der Waals surface area contributed by atoms with E-state index in [1.54, 1.807) is 26.7 Å². The number of fused-ring (bicyclic) bond motifs is 1. The molecule has 0 saturated carbocycles. The number of piperidine rings is 1. The fraction of sp³-hybridized carbons (Fsp3) is 0.455. The molecule has 5 heterocycles. The minimum Gasteiger partial charge on any atom is -0.346 e. The van der Waals surface area contributed by atoms with Crippen molar-refractivity contribution in [2.75, 3.05) is 32.7 Å². The number of hydrogen-bond acceptors (Lipinski definition) is 5. The molecular formula is C22H27N5O3S2. The summed E-state index contributed by atoms with van der Waals surface area (Å²) in [6.07, 6.45) is 6.15. The quantitative estimate of drug-likeness (QED) is 0.575. The number of H-pyrrole nitrogens is 1. The van der Waals surface area contributed by atoms with E-state index in [9.17, 15) is 13.2 Å². The Bertz CT molecular complexity index is 1180. The fourth-order valence-corrected chi connectivity index (χ4v) is 7.19. The number of amides is 2. The molecule has 0 atom stereocenters. The second kappa shape index (κ2) is 8.84. The van der Waals surface area contributed by atoms with Gasteiger partial charge in [0.05, 0.1) is 0 Å². The van der Waals surface area contributed by atoms with E-state index in [4.69, 9.17) is 0 Å².